The molecule has 1 aliphatic rings. The van der Waals surface area contributed by atoms with E-state index in [0.29, 0.717) is 18.8 Å². The molecule has 0 unspecified atom stereocenters. The molecule has 0 aliphatic carbocycles. The van der Waals surface area contributed by atoms with Crippen molar-refractivity contribution in [3.8, 4) is 11.4 Å². The summed E-state index contributed by atoms with van der Waals surface area (Å²) in [6, 6.07) is 2.63. The summed E-state index contributed by atoms with van der Waals surface area (Å²) in [5.41, 5.74) is 0.446. The zero-order valence-corrected chi connectivity index (χ0v) is 14.7. The molecule has 136 valence electrons. The highest BCUT2D eigenvalue weighted by Gasteiger charge is 2.32. The topological polar surface area (TPSA) is 178 Å². The number of nitrogens with two attached hydrogens (primary N) is 2. The van der Waals surface area contributed by atoms with Gasteiger partial charge < -0.3 is 4.90 Å². The number of anilines is 1. The van der Waals surface area contributed by atoms with E-state index in [1.807, 2.05) is 4.90 Å². The van der Waals surface area contributed by atoms with E-state index in [1.54, 1.807) is 0 Å². The van der Waals surface area contributed by atoms with E-state index in [0.717, 1.165) is 25.3 Å². The van der Waals surface area contributed by atoms with Crippen LogP contribution in [-0.4, -0.2) is 50.5 Å². The second-order valence-electron chi connectivity index (χ2n) is 5.66. The standard InChI is InChI=1S/C12H17N7O4S2/c13-24(20,21)9-5-4-8(19-6-2-1-3-7-19)10(11(9)25(14,22)23)12-15-17-18-16-12/h4-5H,1-3,6-7H2,(H2,13,20,21)(H2,14,22,23)(H,15,16,17,18). The van der Waals surface area contributed by atoms with Crippen LogP contribution >= 0.6 is 0 Å². The number of aromatic nitrogens is 4. The normalized spacial score (nSPS) is 16.2. The Labute approximate surface area is 144 Å². The Balaban J connectivity index is 2.39. The molecule has 1 aromatic heterocycles. The second kappa shape index (κ2) is 6.33. The third-order valence-corrected chi connectivity index (χ3v) is 6.03. The van der Waals surface area contributed by atoms with Crippen LogP contribution in [0.4, 0.5) is 5.69 Å². The number of nitrogens with zero attached hydrogens (tertiary/aromatic N) is 4. The summed E-state index contributed by atoms with van der Waals surface area (Å²) < 4.78 is 48.2. The molecule has 11 nitrogen and oxygen atoms in total. The smallest absolute Gasteiger partial charge is 0.240 e. The fourth-order valence-corrected chi connectivity index (χ4v) is 5.09. The molecule has 0 bridgehead atoms. The molecule has 0 atom stereocenters. The molecule has 0 spiro atoms. The number of hydrogen-bond donors (Lipinski definition) is 3. The minimum absolute atomic E-state index is 0.0234. The van der Waals surface area contributed by atoms with Gasteiger partial charge in [-0.3, -0.25) is 0 Å². The van der Waals surface area contributed by atoms with E-state index in [-0.39, 0.29) is 11.4 Å². The highest BCUT2D eigenvalue weighted by atomic mass is 32.2. The molecular formula is C12H17N7O4S2. The van der Waals surface area contributed by atoms with Gasteiger partial charge in [-0.25, -0.2) is 27.1 Å². The fourth-order valence-electron chi connectivity index (χ4n) is 2.94. The Morgan fingerprint density at radius 1 is 1.00 bits per heavy atom. The number of primary sulfonamides is 2. The van der Waals surface area contributed by atoms with Crippen LogP contribution in [0.15, 0.2) is 21.9 Å². The minimum Gasteiger partial charge on any atom is -0.371 e. The van der Waals surface area contributed by atoms with Gasteiger partial charge in [-0.15, -0.1) is 10.2 Å². The quantitative estimate of drug-likeness (QED) is 0.607. The van der Waals surface area contributed by atoms with Gasteiger partial charge >= 0.3 is 0 Å². The summed E-state index contributed by atoms with van der Waals surface area (Å²) in [5, 5.41) is 23.8. The van der Waals surface area contributed by atoms with E-state index < -0.39 is 29.8 Å². The maximum Gasteiger partial charge on any atom is 0.240 e. The minimum atomic E-state index is -4.44. The number of benzene rings is 1. The first-order chi connectivity index (χ1) is 11.7. The van der Waals surface area contributed by atoms with Crippen molar-refractivity contribution in [2.24, 2.45) is 10.3 Å². The van der Waals surface area contributed by atoms with Gasteiger partial charge in [-0.2, -0.15) is 5.21 Å². The number of H-pyrrole nitrogens is 1. The molecule has 2 heterocycles. The molecule has 3 rings (SSSR count). The van der Waals surface area contributed by atoms with Crippen molar-refractivity contribution in [3.05, 3.63) is 12.1 Å². The average Bonchev–Trinajstić information content (AvgIpc) is 3.07. The van der Waals surface area contributed by atoms with E-state index in [4.69, 9.17) is 10.3 Å². The summed E-state index contributed by atoms with van der Waals surface area (Å²) in [7, 11) is -8.78. The highest BCUT2D eigenvalue weighted by Crippen LogP contribution is 2.38. The summed E-state index contributed by atoms with van der Waals surface area (Å²) >= 11 is 0. The Bertz CT molecular complexity index is 981. The number of rotatable bonds is 4. The molecule has 0 saturated carbocycles. The summed E-state index contributed by atoms with van der Waals surface area (Å²) in [4.78, 5) is 0.714. The lowest BCUT2D eigenvalue weighted by molar-refractivity contribution is 0.575. The number of piperidine rings is 1. The Morgan fingerprint density at radius 3 is 2.20 bits per heavy atom. The molecule has 0 amide bonds. The lowest BCUT2D eigenvalue weighted by Gasteiger charge is -2.31. The zero-order chi connectivity index (χ0) is 18.2. The first kappa shape index (κ1) is 17.7. The van der Waals surface area contributed by atoms with Gasteiger partial charge in [-0.1, -0.05) is 0 Å². The number of tetrazole rings is 1. The first-order valence-electron chi connectivity index (χ1n) is 7.41. The molecular weight excluding hydrogens is 370 g/mol. The molecule has 1 fully saturated rings. The van der Waals surface area contributed by atoms with Gasteiger partial charge in [0, 0.05) is 18.8 Å². The molecule has 1 aliphatic heterocycles. The molecule has 2 aromatic rings. The van der Waals surface area contributed by atoms with Crippen molar-refractivity contribution in [1.29, 1.82) is 0 Å². The number of sulfonamides is 2. The van der Waals surface area contributed by atoms with E-state index in [1.165, 1.54) is 6.07 Å². The molecule has 1 saturated heterocycles. The van der Waals surface area contributed by atoms with Gasteiger partial charge in [0.15, 0.2) is 0 Å². The molecule has 25 heavy (non-hydrogen) atoms. The van der Waals surface area contributed by atoms with Crippen LogP contribution in [0.3, 0.4) is 0 Å². The molecule has 1 aromatic carbocycles. The van der Waals surface area contributed by atoms with Crippen LogP contribution < -0.4 is 15.2 Å². The maximum atomic E-state index is 12.2. The van der Waals surface area contributed by atoms with Crippen molar-refractivity contribution < 1.29 is 16.8 Å². The zero-order valence-electron chi connectivity index (χ0n) is 13.1. The lowest BCUT2D eigenvalue weighted by Crippen LogP contribution is -2.31. The van der Waals surface area contributed by atoms with Crippen LogP contribution in [-0.2, 0) is 20.0 Å². The van der Waals surface area contributed by atoms with Gasteiger partial charge in [-0.05, 0) is 36.6 Å². The summed E-state index contributed by atoms with van der Waals surface area (Å²) in [6.07, 6.45) is 2.91. The predicted octanol–water partition coefficient (Wildman–Crippen LogP) is -0.848. The van der Waals surface area contributed by atoms with Crippen molar-refractivity contribution in [1.82, 2.24) is 20.6 Å². The van der Waals surface area contributed by atoms with Crippen LogP contribution in [0.1, 0.15) is 19.3 Å². The second-order valence-corrected chi connectivity index (χ2v) is 8.69. The summed E-state index contributed by atoms with van der Waals surface area (Å²) in [6.45, 7) is 1.37. The number of hydrogen-bond acceptors (Lipinski definition) is 8. The van der Waals surface area contributed by atoms with Gasteiger partial charge in [0.25, 0.3) is 0 Å². The highest BCUT2D eigenvalue weighted by molar-refractivity contribution is 7.92. The van der Waals surface area contributed by atoms with Crippen LogP contribution in [0.25, 0.3) is 11.4 Å². The van der Waals surface area contributed by atoms with Crippen molar-refractivity contribution >= 4 is 25.7 Å². The molecule has 0 radical (unpaired) electrons. The largest absolute Gasteiger partial charge is 0.371 e. The average molecular weight is 387 g/mol. The maximum absolute atomic E-state index is 12.2. The summed E-state index contributed by atoms with van der Waals surface area (Å²) in [5.74, 6) is -0.0740. The lowest BCUT2D eigenvalue weighted by atomic mass is 10.1. The monoisotopic (exact) mass is 387 g/mol. The third kappa shape index (κ3) is 3.49. The SMILES string of the molecule is NS(=O)(=O)c1ccc(N2CCCCC2)c(-c2nn[nH]n2)c1S(N)(=O)=O. The number of aromatic amines is 1. The Hall–Kier alpha value is -2.09. The van der Waals surface area contributed by atoms with E-state index in [2.05, 4.69) is 20.6 Å². The molecule has 5 N–H and O–H groups in total. The van der Waals surface area contributed by atoms with Crippen molar-refractivity contribution in [3.63, 3.8) is 0 Å². The first-order valence-corrected chi connectivity index (χ1v) is 10.5. The van der Waals surface area contributed by atoms with Crippen LogP contribution in [0, 0.1) is 0 Å². The molecule has 13 heteroatoms. The van der Waals surface area contributed by atoms with Crippen LogP contribution in [0.2, 0.25) is 0 Å². The van der Waals surface area contributed by atoms with E-state index >= 15 is 0 Å². The number of nitrogens with one attached hydrogen (secondary N) is 1. The van der Waals surface area contributed by atoms with E-state index in [9.17, 15) is 16.8 Å². The van der Waals surface area contributed by atoms with Crippen LogP contribution in [0.5, 0.6) is 0 Å². The van der Waals surface area contributed by atoms with Gasteiger partial charge in [0.1, 0.15) is 9.79 Å². The Kier molecular flexibility index (Phi) is 4.49. The van der Waals surface area contributed by atoms with Gasteiger partial charge in [0.2, 0.25) is 25.9 Å². The fraction of sp³-hybridized carbons (Fsp3) is 0.417. The Morgan fingerprint density at radius 2 is 1.68 bits per heavy atom. The van der Waals surface area contributed by atoms with Crippen molar-refractivity contribution in [2.45, 2.75) is 29.1 Å². The predicted molar refractivity (Wildman–Crippen MR) is 88.4 cm³/mol. The van der Waals surface area contributed by atoms with Gasteiger partial charge in [0.05, 0.1) is 5.56 Å². The van der Waals surface area contributed by atoms with Crippen molar-refractivity contribution in [2.75, 3.05) is 18.0 Å². The third-order valence-electron chi connectivity index (χ3n) is 3.96.